The molecule has 4 aromatic rings. The van der Waals surface area contributed by atoms with Crippen molar-refractivity contribution < 1.29 is 9.53 Å². The largest absolute Gasteiger partial charge is 0.441 e. The Bertz CT molecular complexity index is 1370. The van der Waals surface area contributed by atoms with E-state index in [9.17, 15) is 4.79 Å². The predicted octanol–water partition coefficient (Wildman–Crippen LogP) is 6.01. The van der Waals surface area contributed by atoms with Gasteiger partial charge in [-0.15, -0.1) is 0 Å². The van der Waals surface area contributed by atoms with E-state index in [0.717, 1.165) is 44.9 Å². The lowest BCUT2D eigenvalue weighted by Crippen LogP contribution is -2.29. The number of nitrogens with zero attached hydrogens (tertiary/aromatic N) is 3. The Morgan fingerprint density at radius 3 is 1.38 bits per heavy atom. The number of hydrogen-bond donors (Lipinski definition) is 0. The monoisotopic (exact) mass is 491 g/mol. The van der Waals surface area contributed by atoms with Crippen LogP contribution in [-0.2, 0) is 10.3 Å². The molecule has 5 rings (SSSR count). The van der Waals surface area contributed by atoms with Crippen LogP contribution in [0.4, 0.5) is 17.1 Å². The fraction of sp³-hybridized carbons (Fsp3) is 0.219. The van der Waals surface area contributed by atoms with Gasteiger partial charge < -0.3 is 19.4 Å². The Labute approximate surface area is 219 Å². The van der Waals surface area contributed by atoms with E-state index >= 15 is 0 Å². The molecule has 37 heavy (non-hydrogen) atoms. The van der Waals surface area contributed by atoms with Crippen molar-refractivity contribution in [3.05, 3.63) is 113 Å². The van der Waals surface area contributed by atoms with Crippen LogP contribution in [0.5, 0.6) is 0 Å². The molecule has 0 N–H and O–H groups in total. The van der Waals surface area contributed by atoms with E-state index in [1.807, 2.05) is 48.4 Å². The van der Waals surface area contributed by atoms with E-state index in [1.165, 1.54) is 0 Å². The predicted molar refractivity (Wildman–Crippen MR) is 153 cm³/mol. The van der Waals surface area contributed by atoms with Gasteiger partial charge in [-0.3, -0.25) is 0 Å². The first kappa shape index (κ1) is 24.4. The molecule has 0 bridgehead atoms. The van der Waals surface area contributed by atoms with Crippen LogP contribution in [0.2, 0.25) is 0 Å². The lowest BCUT2D eigenvalue weighted by atomic mass is 9.79. The standard InChI is InChI=1S/C32H33N3O2/c1-33(2)26-14-7-22(8-15-26)23-9-20-30-29(21-23)31(36)37-32(30,24-10-16-27(17-11-24)34(3)4)25-12-18-28(19-13-25)35(5)6/h7-21H,1-6H3. The second kappa shape index (κ2) is 9.32. The van der Waals surface area contributed by atoms with Crippen molar-refractivity contribution in [2.45, 2.75) is 5.60 Å². The van der Waals surface area contributed by atoms with E-state index in [2.05, 4.69) is 99.6 Å². The van der Waals surface area contributed by atoms with Crippen LogP contribution in [0.1, 0.15) is 27.0 Å². The third-order valence-corrected chi connectivity index (χ3v) is 7.16. The van der Waals surface area contributed by atoms with Crippen molar-refractivity contribution in [2.75, 3.05) is 57.0 Å². The molecule has 1 aliphatic heterocycles. The maximum Gasteiger partial charge on any atom is 0.340 e. The number of rotatable bonds is 6. The SMILES string of the molecule is CN(C)c1ccc(-c2ccc3c(c2)C(=O)OC3(c2ccc(N(C)C)cc2)c2ccc(N(C)C)cc2)cc1. The maximum absolute atomic E-state index is 13.5. The Balaban J connectivity index is 1.66. The molecule has 0 aromatic heterocycles. The van der Waals surface area contributed by atoms with E-state index in [-0.39, 0.29) is 5.97 Å². The highest BCUT2D eigenvalue weighted by Gasteiger charge is 2.48. The van der Waals surface area contributed by atoms with Gasteiger partial charge in [-0.2, -0.15) is 0 Å². The zero-order valence-electron chi connectivity index (χ0n) is 22.3. The van der Waals surface area contributed by atoms with Gasteiger partial charge in [0.25, 0.3) is 0 Å². The molecular formula is C32H33N3O2. The molecule has 0 fully saturated rings. The van der Waals surface area contributed by atoms with Crippen LogP contribution in [0.3, 0.4) is 0 Å². The Morgan fingerprint density at radius 1 is 0.541 bits per heavy atom. The highest BCUT2D eigenvalue weighted by atomic mass is 16.6. The second-order valence-electron chi connectivity index (χ2n) is 10.2. The van der Waals surface area contributed by atoms with Crippen LogP contribution in [0, 0.1) is 0 Å². The smallest absolute Gasteiger partial charge is 0.340 e. The summed E-state index contributed by atoms with van der Waals surface area (Å²) in [4.78, 5) is 19.7. The first-order valence-electron chi connectivity index (χ1n) is 12.4. The number of carbonyl (C=O) groups excluding carboxylic acids is 1. The molecule has 0 atom stereocenters. The minimum Gasteiger partial charge on any atom is -0.441 e. The van der Waals surface area contributed by atoms with Crippen molar-refractivity contribution >= 4 is 23.0 Å². The third kappa shape index (κ3) is 4.20. The average Bonchev–Trinajstić information content (AvgIpc) is 3.21. The van der Waals surface area contributed by atoms with Crippen molar-refractivity contribution in [2.24, 2.45) is 0 Å². The van der Waals surface area contributed by atoms with Gasteiger partial charge in [-0.25, -0.2) is 4.79 Å². The molecule has 5 nitrogen and oxygen atoms in total. The van der Waals surface area contributed by atoms with Crippen LogP contribution in [0.15, 0.2) is 91.0 Å². The molecule has 0 aliphatic carbocycles. The van der Waals surface area contributed by atoms with Crippen LogP contribution >= 0.6 is 0 Å². The van der Waals surface area contributed by atoms with E-state index in [4.69, 9.17) is 4.74 Å². The number of fused-ring (bicyclic) bond motifs is 1. The Kier molecular flexibility index (Phi) is 6.16. The minimum absolute atomic E-state index is 0.310. The van der Waals surface area contributed by atoms with Crippen molar-refractivity contribution in [1.29, 1.82) is 0 Å². The van der Waals surface area contributed by atoms with Crippen molar-refractivity contribution in [3.8, 4) is 11.1 Å². The van der Waals surface area contributed by atoms with Crippen LogP contribution in [-0.4, -0.2) is 48.3 Å². The van der Waals surface area contributed by atoms with Gasteiger partial charge in [0, 0.05) is 76.0 Å². The molecule has 0 unspecified atom stereocenters. The fourth-order valence-corrected chi connectivity index (χ4v) is 4.98. The second-order valence-corrected chi connectivity index (χ2v) is 10.2. The molecule has 0 saturated heterocycles. The van der Waals surface area contributed by atoms with Gasteiger partial charge in [0.1, 0.15) is 0 Å². The van der Waals surface area contributed by atoms with E-state index < -0.39 is 5.60 Å². The van der Waals surface area contributed by atoms with E-state index in [0.29, 0.717) is 5.56 Å². The zero-order chi connectivity index (χ0) is 26.3. The molecule has 0 amide bonds. The summed E-state index contributed by atoms with van der Waals surface area (Å²) in [6.07, 6.45) is 0. The van der Waals surface area contributed by atoms with Crippen LogP contribution < -0.4 is 14.7 Å². The summed E-state index contributed by atoms with van der Waals surface area (Å²) in [6, 6.07) is 31.0. The summed E-state index contributed by atoms with van der Waals surface area (Å²) in [7, 11) is 12.1. The lowest BCUT2D eigenvalue weighted by molar-refractivity contribution is 0.0251. The third-order valence-electron chi connectivity index (χ3n) is 7.16. The molecule has 1 aliphatic rings. The van der Waals surface area contributed by atoms with Crippen molar-refractivity contribution in [3.63, 3.8) is 0 Å². The molecule has 1 heterocycles. The number of hydrogen-bond acceptors (Lipinski definition) is 5. The van der Waals surface area contributed by atoms with Gasteiger partial charge >= 0.3 is 5.97 Å². The topological polar surface area (TPSA) is 36.0 Å². The Morgan fingerprint density at radius 2 is 0.946 bits per heavy atom. The maximum atomic E-state index is 13.5. The summed E-state index contributed by atoms with van der Waals surface area (Å²) >= 11 is 0. The number of benzene rings is 4. The zero-order valence-corrected chi connectivity index (χ0v) is 22.3. The first-order valence-corrected chi connectivity index (χ1v) is 12.4. The molecule has 0 saturated carbocycles. The molecule has 0 radical (unpaired) electrons. The van der Waals surface area contributed by atoms with E-state index in [1.54, 1.807) is 0 Å². The van der Waals surface area contributed by atoms with Gasteiger partial charge in [0.05, 0.1) is 5.56 Å². The molecule has 188 valence electrons. The van der Waals surface area contributed by atoms with Gasteiger partial charge in [-0.1, -0.05) is 48.5 Å². The Hall–Kier alpha value is -4.25. The molecule has 4 aromatic carbocycles. The van der Waals surface area contributed by atoms with Crippen molar-refractivity contribution in [1.82, 2.24) is 0 Å². The summed E-state index contributed by atoms with van der Waals surface area (Å²) in [5.74, 6) is -0.310. The van der Waals surface area contributed by atoms with Gasteiger partial charge in [0.15, 0.2) is 5.60 Å². The lowest BCUT2D eigenvalue weighted by Gasteiger charge is -2.31. The quantitative estimate of drug-likeness (QED) is 0.309. The number of cyclic esters (lactones) is 1. The molecular weight excluding hydrogens is 458 g/mol. The summed E-state index contributed by atoms with van der Waals surface area (Å²) in [5, 5.41) is 0. The highest BCUT2D eigenvalue weighted by Crippen LogP contribution is 2.48. The number of anilines is 3. The number of carbonyl (C=O) groups is 1. The highest BCUT2D eigenvalue weighted by molar-refractivity contribution is 5.98. The van der Waals surface area contributed by atoms with Crippen LogP contribution in [0.25, 0.3) is 11.1 Å². The summed E-state index contributed by atoms with van der Waals surface area (Å²) < 4.78 is 6.36. The average molecular weight is 492 g/mol. The minimum atomic E-state index is -1.02. The molecule has 5 heteroatoms. The number of esters is 1. The number of ether oxygens (including phenoxy) is 1. The van der Waals surface area contributed by atoms with Gasteiger partial charge in [-0.05, 0) is 53.6 Å². The summed E-state index contributed by atoms with van der Waals surface area (Å²) in [6.45, 7) is 0. The van der Waals surface area contributed by atoms with Gasteiger partial charge in [0.2, 0.25) is 0 Å². The molecule has 0 spiro atoms. The normalized spacial score (nSPS) is 13.6. The summed E-state index contributed by atoms with van der Waals surface area (Å²) in [5.41, 5.74) is 7.64. The first-order chi connectivity index (χ1) is 17.7. The fourth-order valence-electron chi connectivity index (χ4n) is 4.98.